The average Bonchev–Trinajstić information content (AvgIpc) is 2.91. The minimum Gasteiger partial charge on any atom is -0.494 e. The summed E-state index contributed by atoms with van der Waals surface area (Å²) in [7, 11) is -3.96. The van der Waals surface area contributed by atoms with Gasteiger partial charge in [0, 0.05) is 16.3 Å². The van der Waals surface area contributed by atoms with E-state index in [2.05, 4.69) is 15.3 Å². The largest absolute Gasteiger partial charge is 0.494 e. The van der Waals surface area contributed by atoms with Crippen LogP contribution in [0.5, 0.6) is 5.75 Å². The molecule has 0 atom stereocenters. The number of rotatable bonds is 8. The van der Waals surface area contributed by atoms with E-state index < -0.39 is 10.0 Å². The number of anilines is 2. The molecule has 0 fully saturated rings. The zero-order chi connectivity index (χ0) is 26.7. The molecule has 3 aromatic carbocycles. The van der Waals surface area contributed by atoms with Crippen LogP contribution in [0, 0.1) is 0 Å². The third-order valence-corrected chi connectivity index (χ3v) is 8.59. The molecule has 5 rings (SSSR count). The fourth-order valence-corrected chi connectivity index (χ4v) is 6.35. The summed E-state index contributed by atoms with van der Waals surface area (Å²) < 4.78 is 34.0. The molecule has 0 bridgehead atoms. The number of hydrogen-bond donors (Lipinski definition) is 1. The van der Waals surface area contributed by atoms with Crippen molar-refractivity contribution in [3.05, 3.63) is 89.6 Å². The van der Waals surface area contributed by atoms with Crippen LogP contribution in [0.1, 0.15) is 12.5 Å². The predicted molar refractivity (Wildman–Crippen MR) is 149 cm³/mol. The van der Waals surface area contributed by atoms with Crippen LogP contribution >= 0.6 is 23.4 Å². The minimum absolute atomic E-state index is 0.00597. The van der Waals surface area contributed by atoms with Gasteiger partial charge in [0.25, 0.3) is 10.0 Å². The first-order valence-electron chi connectivity index (χ1n) is 11.7. The summed E-state index contributed by atoms with van der Waals surface area (Å²) in [5, 5.41) is 3.52. The van der Waals surface area contributed by atoms with Gasteiger partial charge in [-0.3, -0.25) is 9.10 Å². The third-order valence-electron chi connectivity index (χ3n) is 5.74. The summed E-state index contributed by atoms with van der Waals surface area (Å²) in [6, 6.07) is 21.5. The summed E-state index contributed by atoms with van der Waals surface area (Å²) in [6.07, 6.45) is 1.31. The van der Waals surface area contributed by atoms with Crippen molar-refractivity contribution in [2.24, 2.45) is 0 Å². The van der Waals surface area contributed by atoms with Gasteiger partial charge in [0.15, 0.2) is 5.16 Å². The van der Waals surface area contributed by atoms with Crippen molar-refractivity contribution in [1.82, 2.24) is 9.97 Å². The predicted octanol–water partition coefficient (Wildman–Crippen LogP) is 5.64. The third kappa shape index (κ3) is 5.47. The maximum absolute atomic E-state index is 13.7. The van der Waals surface area contributed by atoms with Crippen molar-refractivity contribution >= 4 is 50.7 Å². The summed E-state index contributed by atoms with van der Waals surface area (Å²) in [5.41, 5.74) is 2.82. The number of aromatic nitrogens is 2. The van der Waals surface area contributed by atoms with Gasteiger partial charge in [-0.15, -0.1) is 0 Å². The molecule has 1 amide bonds. The lowest BCUT2D eigenvalue weighted by Crippen LogP contribution is -2.34. The zero-order valence-corrected chi connectivity index (χ0v) is 22.7. The van der Waals surface area contributed by atoms with Crippen molar-refractivity contribution in [3.63, 3.8) is 0 Å². The number of halogens is 1. The molecule has 0 saturated heterocycles. The number of benzene rings is 3. The number of carbonyl (C=O) groups excluding carboxylic acids is 1. The summed E-state index contributed by atoms with van der Waals surface area (Å²) in [4.78, 5) is 21.3. The van der Waals surface area contributed by atoms with Gasteiger partial charge in [0.05, 0.1) is 36.5 Å². The molecule has 194 valence electrons. The van der Waals surface area contributed by atoms with Crippen LogP contribution < -0.4 is 14.4 Å². The Kier molecular flexibility index (Phi) is 7.55. The highest BCUT2D eigenvalue weighted by molar-refractivity contribution is 7.99. The number of thioether (sulfide) groups is 1. The van der Waals surface area contributed by atoms with Gasteiger partial charge >= 0.3 is 0 Å². The molecule has 11 heteroatoms. The first kappa shape index (κ1) is 26.0. The van der Waals surface area contributed by atoms with Crippen LogP contribution in [0.25, 0.3) is 11.3 Å². The average molecular weight is 567 g/mol. The zero-order valence-electron chi connectivity index (χ0n) is 20.3. The number of hydrogen-bond acceptors (Lipinski definition) is 7. The molecule has 0 unspecified atom stereocenters. The molecule has 38 heavy (non-hydrogen) atoms. The normalized spacial score (nSPS) is 13.4. The smallest absolute Gasteiger partial charge is 0.268 e. The molecular weight excluding hydrogens is 544 g/mol. The van der Waals surface area contributed by atoms with Crippen LogP contribution in [0.2, 0.25) is 5.02 Å². The van der Waals surface area contributed by atoms with E-state index in [4.69, 9.17) is 16.3 Å². The van der Waals surface area contributed by atoms with Crippen molar-refractivity contribution in [1.29, 1.82) is 0 Å². The molecule has 8 nitrogen and oxygen atoms in total. The van der Waals surface area contributed by atoms with E-state index >= 15 is 0 Å². The summed E-state index contributed by atoms with van der Waals surface area (Å²) in [5.74, 6) is 0.530. The Morgan fingerprint density at radius 1 is 1.08 bits per heavy atom. The second-order valence-electron chi connectivity index (χ2n) is 8.32. The van der Waals surface area contributed by atoms with Crippen LogP contribution in [0.15, 0.2) is 89.0 Å². The topological polar surface area (TPSA) is 101 Å². The molecule has 4 aromatic rings. The molecule has 1 N–H and O–H groups in total. The first-order chi connectivity index (χ1) is 18.3. The highest BCUT2D eigenvalue weighted by Gasteiger charge is 2.37. The Morgan fingerprint density at radius 3 is 2.58 bits per heavy atom. The number of nitrogens with one attached hydrogen (secondary N) is 1. The number of amides is 1. The number of fused-ring (bicyclic) bond motifs is 3. The van der Waals surface area contributed by atoms with Crippen molar-refractivity contribution in [2.75, 3.05) is 22.0 Å². The van der Waals surface area contributed by atoms with Crippen LogP contribution in [0.3, 0.4) is 0 Å². The maximum Gasteiger partial charge on any atom is 0.268 e. The molecule has 0 spiro atoms. The Hall–Kier alpha value is -3.60. The molecule has 0 saturated carbocycles. The fourth-order valence-electron chi connectivity index (χ4n) is 4.01. The summed E-state index contributed by atoms with van der Waals surface area (Å²) >= 11 is 7.38. The van der Waals surface area contributed by atoms with Gasteiger partial charge < -0.3 is 10.1 Å². The second kappa shape index (κ2) is 11.0. The molecule has 2 heterocycles. The highest BCUT2D eigenvalue weighted by Crippen LogP contribution is 2.44. The standard InChI is InChI=1S/C27H23ClN4O4S2/c1-2-36-21-11-9-20(10-12-21)30-25(33)17-37-27-29-15-24-26(31-27)22-13-8-19(28)14-23(22)32(38(24,34)35)16-18-6-4-3-5-7-18/h3-15H,2,16-17H2,1H3,(H,30,33). The fraction of sp³-hybridized carbons (Fsp3) is 0.148. The summed E-state index contributed by atoms with van der Waals surface area (Å²) in [6.45, 7) is 2.60. The Morgan fingerprint density at radius 2 is 1.84 bits per heavy atom. The van der Waals surface area contributed by atoms with E-state index in [1.165, 1.54) is 10.5 Å². The van der Waals surface area contributed by atoms with Gasteiger partial charge in [0.1, 0.15) is 10.6 Å². The first-order valence-corrected chi connectivity index (χ1v) is 14.5. The SMILES string of the molecule is CCOc1ccc(NC(=O)CSc2ncc3c(n2)-c2ccc(Cl)cc2N(Cc2ccccc2)S3(=O)=O)cc1. The second-order valence-corrected chi connectivity index (χ2v) is 11.5. The van der Waals surface area contributed by atoms with Crippen LogP contribution in [-0.2, 0) is 21.4 Å². The Bertz CT molecular complexity index is 1580. The monoisotopic (exact) mass is 566 g/mol. The lowest BCUT2D eigenvalue weighted by molar-refractivity contribution is -0.113. The lowest BCUT2D eigenvalue weighted by atomic mass is 10.1. The number of sulfonamides is 1. The highest BCUT2D eigenvalue weighted by atomic mass is 35.5. The van der Waals surface area contributed by atoms with E-state index in [-0.39, 0.29) is 28.8 Å². The van der Waals surface area contributed by atoms with E-state index in [0.29, 0.717) is 33.7 Å². The van der Waals surface area contributed by atoms with Gasteiger partial charge in [-0.25, -0.2) is 18.4 Å². The van der Waals surface area contributed by atoms with Gasteiger partial charge in [-0.1, -0.05) is 53.7 Å². The Labute approximate surface area is 230 Å². The van der Waals surface area contributed by atoms with Crippen LogP contribution in [-0.4, -0.2) is 36.7 Å². The molecule has 1 aromatic heterocycles. The quantitative estimate of drug-likeness (QED) is 0.218. The van der Waals surface area contributed by atoms with E-state index in [9.17, 15) is 13.2 Å². The Balaban J connectivity index is 1.38. The van der Waals surface area contributed by atoms with E-state index in [0.717, 1.165) is 23.1 Å². The van der Waals surface area contributed by atoms with Gasteiger partial charge in [-0.05, 0) is 55.0 Å². The number of ether oxygens (including phenoxy) is 1. The minimum atomic E-state index is -3.96. The number of carbonyl (C=O) groups is 1. The van der Waals surface area contributed by atoms with Crippen molar-refractivity contribution < 1.29 is 17.9 Å². The molecule has 0 aliphatic carbocycles. The van der Waals surface area contributed by atoms with Crippen molar-refractivity contribution in [3.8, 4) is 17.0 Å². The molecule has 1 aliphatic rings. The van der Waals surface area contributed by atoms with Crippen LogP contribution in [0.4, 0.5) is 11.4 Å². The van der Waals surface area contributed by atoms with Gasteiger partial charge in [-0.2, -0.15) is 0 Å². The van der Waals surface area contributed by atoms with Gasteiger partial charge in [0.2, 0.25) is 5.91 Å². The lowest BCUT2D eigenvalue weighted by Gasteiger charge is -2.31. The molecular formula is C27H23ClN4O4S2. The maximum atomic E-state index is 13.7. The van der Waals surface area contributed by atoms with E-state index in [1.54, 1.807) is 42.5 Å². The molecule has 1 aliphatic heterocycles. The number of nitrogens with zero attached hydrogens (tertiary/aromatic N) is 3. The van der Waals surface area contributed by atoms with Crippen molar-refractivity contribution in [2.45, 2.75) is 23.5 Å². The molecule has 0 radical (unpaired) electrons. The van der Waals surface area contributed by atoms with E-state index in [1.807, 2.05) is 37.3 Å².